The molecule has 1 aromatic carbocycles. The molecule has 3 aromatic rings. The molecule has 2 nitrogen and oxygen atoms in total. The van der Waals surface area contributed by atoms with E-state index in [0.29, 0.717) is 5.02 Å². The minimum atomic E-state index is 0.675. The third kappa shape index (κ3) is 1.79. The average molecular weight is 257 g/mol. The van der Waals surface area contributed by atoms with E-state index in [-0.39, 0.29) is 0 Å². The molecule has 0 saturated carbocycles. The summed E-state index contributed by atoms with van der Waals surface area (Å²) in [5.74, 6) is 0. The Labute approximate surface area is 111 Å². The number of aromatic nitrogens is 2. The molecule has 3 heteroatoms. The van der Waals surface area contributed by atoms with Gasteiger partial charge in [-0.05, 0) is 24.1 Å². The summed E-state index contributed by atoms with van der Waals surface area (Å²) < 4.78 is 2.02. The number of rotatable bonds is 2. The van der Waals surface area contributed by atoms with Crippen molar-refractivity contribution < 1.29 is 0 Å². The lowest BCUT2D eigenvalue weighted by atomic mass is 10.1. The number of hydrogen-bond acceptors (Lipinski definition) is 1. The highest BCUT2D eigenvalue weighted by Gasteiger charge is 2.07. The van der Waals surface area contributed by atoms with Crippen molar-refractivity contribution in [1.29, 1.82) is 0 Å². The molecule has 3 rings (SSSR count). The first kappa shape index (κ1) is 11.3. The van der Waals surface area contributed by atoms with Crippen LogP contribution in [0.4, 0.5) is 0 Å². The van der Waals surface area contributed by atoms with Gasteiger partial charge in [0.2, 0.25) is 0 Å². The van der Waals surface area contributed by atoms with Crippen LogP contribution in [0.15, 0.2) is 48.8 Å². The van der Waals surface area contributed by atoms with Crippen molar-refractivity contribution in [3.8, 4) is 11.3 Å². The highest BCUT2D eigenvalue weighted by Crippen LogP contribution is 2.24. The van der Waals surface area contributed by atoms with Gasteiger partial charge in [-0.15, -0.1) is 0 Å². The quantitative estimate of drug-likeness (QED) is 0.671. The second-order valence-corrected chi connectivity index (χ2v) is 4.65. The van der Waals surface area contributed by atoms with Crippen molar-refractivity contribution >= 4 is 17.2 Å². The largest absolute Gasteiger partial charge is 0.298 e. The molecule has 18 heavy (non-hydrogen) atoms. The van der Waals surface area contributed by atoms with Gasteiger partial charge in [0.25, 0.3) is 0 Å². The summed E-state index contributed by atoms with van der Waals surface area (Å²) in [6.07, 6.45) is 4.90. The lowest BCUT2D eigenvalue weighted by Crippen LogP contribution is -1.88. The number of fused-ring (bicyclic) bond motifs is 1. The Hall–Kier alpha value is -1.80. The van der Waals surface area contributed by atoms with Gasteiger partial charge in [0.05, 0.1) is 16.9 Å². The fourth-order valence-corrected chi connectivity index (χ4v) is 2.31. The zero-order valence-electron chi connectivity index (χ0n) is 10.1. The molecular weight excluding hydrogens is 244 g/mol. The predicted octanol–water partition coefficient (Wildman–Crippen LogP) is 4.22. The number of halogens is 1. The van der Waals surface area contributed by atoms with Crippen molar-refractivity contribution in [2.24, 2.45) is 0 Å². The van der Waals surface area contributed by atoms with E-state index in [1.165, 1.54) is 5.56 Å². The lowest BCUT2D eigenvalue weighted by Gasteiger charge is -2.03. The van der Waals surface area contributed by atoms with Crippen LogP contribution in [0.5, 0.6) is 0 Å². The summed E-state index contributed by atoms with van der Waals surface area (Å²) >= 11 is 6.12. The highest BCUT2D eigenvalue weighted by atomic mass is 35.5. The summed E-state index contributed by atoms with van der Waals surface area (Å²) in [6, 6.07) is 12.3. The van der Waals surface area contributed by atoms with E-state index in [0.717, 1.165) is 23.3 Å². The zero-order chi connectivity index (χ0) is 12.5. The van der Waals surface area contributed by atoms with Gasteiger partial charge < -0.3 is 0 Å². The number of aryl methyl sites for hydroxylation is 1. The number of hydrogen-bond donors (Lipinski definition) is 0. The molecule has 90 valence electrons. The van der Waals surface area contributed by atoms with Crippen LogP contribution in [0.1, 0.15) is 12.5 Å². The van der Waals surface area contributed by atoms with Gasteiger partial charge in [-0.1, -0.05) is 42.8 Å². The normalized spacial score (nSPS) is 11.0. The van der Waals surface area contributed by atoms with Gasteiger partial charge >= 0.3 is 0 Å². The Morgan fingerprint density at radius 2 is 1.94 bits per heavy atom. The maximum absolute atomic E-state index is 6.12. The number of pyridine rings is 1. The van der Waals surface area contributed by atoms with E-state index in [2.05, 4.69) is 36.2 Å². The minimum absolute atomic E-state index is 0.675. The average Bonchev–Trinajstić information content (AvgIpc) is 2.84. The van der Waals surface area contributed by atoms with Crippen LogP contribution in [0.2, 0.25) is 5.02 Å². The molecule has 0 atom stereocenters. The third-order valence-corrected chi connectivity index (χ3v) is 3.44. The van der Waals surface area contributed by atoms with Gasteiger partial charge in [0.15, 0.2) is 5.65 Å². The molecule has 0 bridgehead atoms. The Balaban J connectivity index is 2.16. The van der Waals surface area contributed by atoms with Crippen LogP contribution >= 0.6 is 11.6 Å². The first-order valence-corrected chi connectivity index (χ1v) is 6.38. The Kier molecular flexibility index (Phi) is 2.80. The van der Waals surface area contributed by atoms with Crippen molar-refractivity contribution in [3.63, 3.8) is 0 Å². The van der Waals surface area contributed by atoms with E-state index < -0.39 is 0 Å². The summed E-state index contributed by atoms with van der Waals surface area (Å²) in [7, 11) is 0. The maximum atomic E-state index is 6.12. The van der Waals surface area contributed by atoms with E-state index in [1.807, 2.05) is 28.9 Å². The summed E-state index contributed by atoms with van der Waals surface area (Å²) in [4.78, 5) is 4.37. The number of nitrogens with zero attached hydrogens (tertiary/aromatic N) is 2. The molecule has 0 aliphatic heterocycles. The summed E-state index contributed by atoms with van der Waals surface area (Å²) in [5, 5.41) is 0.675. The van der Waals surface area contributed by atoms with E-state index in [9.17, 15) is 0 Å². The van der Waals surface area contributed by atoms with Gasteiger partial charge in [0, 0.05) is 11.8 Å². The first-order chi connectivity index (χ1) is 8.79. The first-order valence-electron chi connectivity index (χ1n) is 6.00. The molecule has 0 radical (unpaired) electrons. The molecule has 2 aromatic heterocycles. The molecule has 0 spiro atoms. The Morgan fingerprint density at radius 1 is 1.17 bits per heavy atom. The van der Waals surface area contributed by atoms with Crippen LogP contribution in [0, 0.1) is 0 Å². The van der Waals surface area contributed by atoms with Crippen molar-refractivity contribution in [2.45, 2.75) is 13.3 Å². The van der Waals surface area contributed by atoms with Gasteiger partial charge in [-0.2, -0.15) is 0 Å². The second kappa shape index (κ2) is 4.46. The Morgan fingerprint density at radius 3 is 2.67 bits per heavy atom. The smallest absolute Gasteiger partial charge is 0.156 e. The van der Waals surface area contributed by atoms with Crippen LogP contribution in [-0.4, -0.2) is 9.38 Å². The minimum Gasteiger partial charge on any atom is -0.298 e. The van der Waals surface area contributed by atoms with Crippen molar-refractivity contribution in [3.05, 3.63) is 59.4 Å². The van der Waals surface area contributed by atoms with E-state index >= 15 is 0 Å². The van der Waals surface area contributed by atoms with E-state index in [4.69, 9.17) is 11.6 Å². The molecule has 0 fully saturated rings. The SMILES string of the molecule is CCc1ccc(-c2cnc3c(Cl)cccn23)cc1. The number of imidazole rings is 1. The molecule has 0 aliphatic rings. The molecule has 0 unspecified atom stereocenters. The zero-order valence-corrected chi connectivity index (χ0v) is 10.9. The number of benzene rings is 1. The van der Waals surface area contributed by atoms with Gasteiger partial charge in [0.1, 0.15) is 0 Å². The fourth-order valence-electron chi connectivity index (χ4n) is 2.10. The highest BCUT2D eigenvalue weighted by molar-refractivity contribution is 6.33. The van der Waals surface area contributed by atoms with Gasteiger partial charge in [-0.3, -0.25) is 4.40 Å². The van der Waals surface area contributed by atoms with Crippen molar-refractivity contribution in [2.75, 3.05) is 0 Å². The fraction of sp³-hybridized carbons (Fsp3) is 0.133. The monoisotopic (exact) mass is 256 g/mol. The molecule has 0 saturated heterocycles. The Bertz CT molecular complexity index is 683. The molecular formula is C15H13ClN2. The molecule has 0 aliphatic carbocycles. The lowest BCUT2D eigenvalue weighted by molar-refractivity contribution is 1.14. The second-order valence-electron chi connectivity index (χ2n) is 4.24. The van der Waals surface area contributed by atoms with Crippen LogP contribution < -0.4 is 0 Å². The standard InChI is InChI=1S/C15H13ClN2/c1-2-11-5-7-12(8-6-11)14-10-17-15-13(16)4-3-9-18(14)15/h3-10H,2H2,1H3. The topological polar surface area (TPSA) is 17.3 Å². The van der Waals surface area contributed by atoms with Gasteiger partial charge in [-0.25, -0.2) is 4.98 Å². The maximum Gasteiger partial charge on any atom is 0.156 e. The summed E-state index contributed by atoms with van der Waals surface area (Å²) in [6.45, 7) is 2.16. The van der Waals surface area contributed by atoms with E-state index in [1.54, 1.807) is 0 Å². The van der Waals surface area contributed by atoms with Crippen LogP contribution in [0.3, 0.4) is 0 Å². The third-order valence-electron chi connectivity index (χ3n) is 3.15. The van der Waals surface area contributed by atoms with Crippen LogP contribution in [0.25, 0.3) is 16.9 Å². The predicted molar refractivity (Wildman–Crippen MR) is 75.0 cm³/mol. The molecule has 0 N–H and O–H groups in total. The molecule has 0 amide bonds. The van der Waals surface area contributed by atoms with Crippen molar-refractivity contribution in [1.82, 2.24) is 9.38 Å². The molecule has 2 heterocycles. The van der Waals surface area contributed by atoms with Crippen LogP contribution in [-0.2, 0) is 6.42 Å². The summed E-state index contributed by atoms with van der Waals surface area (Å²) in [5.41, 5.74) is 4.36.